The Morgan fingerprint density at radius 2 is 1.75 bits per heavy atom. The van der Waals surface area contributed by atoms with Gasteiger partial charge in [-0.3, -0.25) is 0 Å². The Kier molecular flexibility index (Phi) is 4.78. The van der Waals surface area contributed by atoms with E-state index in [1.807, 2.05) is 20.8 Å². The number of rotatable bonds is 5. The third-order valence-corrected chi connectivity index (χ3v) is 3.45. The summed E-state index contributed by atoms with van der Waals surface area (Å²) in [5.41, 5.74) is 0. The largest absolute Gasteiger partial charge is 0.311 e. The van der Waals surface area contributed by atoms with Gasteiger partial charge in [0.05, 0.1) is 5.75 Å². The summed E-state index contributed by atoms with van der Waals surface area (Å²) < 4.78 is 22.3. The molecule has 1 atom stereocenters. The molecule has 0 aliphatic rings. The highest BCUT2D eigenvalue weighted by atomic mass is 32.2. The van der Waals surface area contributed by atoms with Gasteiger partial charge in [0.1, 0.15) is 0 Å². The molecule has 74 valence electrons. The van der Waals surface area contributed by atoms with Crippen LogP contribution in [0.5, 0.6) is 0 Å². The molecule has 0 aliphatic carbocycles. The number of hydrogen-bond acceptors (Lipinski definition) is 3. The fourth-order valence-electron chi connectivity index (χ4n) is 1.12. The lowest BCUT2D eigenvalue weighted by Gasteiger charge is -2.15. The third-order valence-electron chi connectivity index (χ3n) is 1.56. The van der Waals surface area contributed by atoms with Crippen molar-refractivity contribution in [2.45, 2.75) is 39.8 Å². The first-order valence-corrected chi connectivity index (χ1v) is 6.16. The van der Waals surface area contributed by atoms with Gasteiger partial charge >= 0.3 is 0 Å². The lowest BCUT2D eigenvalue weighted by molar-refractivity contribution is 0.510. The van der Waals surface area contributed by atoms with E-state index in [9.17, 15) is 8.42 Å². The molecular formula is C8H19NO2S. The minimum atomic E-state index is -2.83. The van der Waals surface area contributed by atoms with E-state index in [0.29, 0.717) is 6.04 Å². The molecule has 0 heterocycles. The van der Waals surface area contributed by atoms with Crippen LogP contribution in [0.1, 0.15) is 27.7 Å². The maximum atomic E-state index is 11.2. The lowest BCUT2D eigenvalue weighted by atomic mass is 10.3. The second-order valence-corrected chi connectivity index (χ2v) is 5.82. The highest BCUT2D eigenvalue weighted by Gasteiger charge is 2.13. The Hall–Kier alpha value is -0.0900. The van der Waals surface area contributed by atoms with Gasteiger partial charge in [-0.2, -0.15) is 0 Å². The van der Waals surface area contributed by atoms with Gasteiger partial charge in [0, 0.05) is 17.8 Å². The van der Waals surface area contributed by atoms with E-state index in [1.54, 1.807) is 6.92 Å². The summed E-state index contributed by atoms with van der Waals surface area (Å²) in [5, 5.41) is 3.15. The zero-order valence-corrected chi connectivity index (χ0v) is 9.11. The van der Waals surface area contributed by atoms with Gasteiger partial charge in [-0.05, 0) is 6.92 Å². The second-order valence-electron chi connectivity index (χ2n) is 3.42. The first-order chi connectivity index (χ1) is 5.37. The Morgan fingerprint density at radius 1 is 1.25 bits per heavy atom. The molecule has 12 heavy (non-hydrogen) atoms. The molecule has 0 fully saturated rings. The van der Waals surface area contributed by atoms with Gasteiger partial charge < -0.3 is 5.32 Å². The van der Waals surface area contributed by atoms with Gasteiger partial charge in [-0.15, -0.1) is 0 Å². The summed E-state index contributed by atoms with van der Waals surface area (Å²) in [6.07, 6.45) is 0. The molecule has 0 aromatic rings. The average molecular weight is 193 g/mol. The van der Waals surface area contributed by atoms with Crippen LogP contribution in [0.2, 0.25) is 0 Å². The van der Waals surface area contributed by atoms with E-state index in [0.717, 1.165) is 0 Å². The van der Waals surface area contributed by atoms with Gasteiger partial charge in [-0.25, -0.2) is 8.42 Å². The summed E-state index contributed by atoms with van der Waals surface area (Å²) in [6.45, 7) is 7.59. The summed E-state index contributed by atoms with van der Waals surface area (Å²) in [7, 11) is -2.83. The molecule has 0 rings (SSSR count). The molecule has 1 unspecified atom stereocenters. The third kappa shape index (κ3) is 5.55. The summed E-state index contributed by atoms with van der Waals surface area (Å²) in [4.78, 5) is 0. The van der Waals surface area contributed by atoms with Crippen LogP contribution in [0, 0.1) is 0 Å². The van der Waals surface area contributed by atoms with Crippen molar-refractivity contribution in [3.8, 4) is 0 Å². The minimum absolute atomic E-state index is 0.0509. The molecule has 0 aromatic heterocycles. The zero-order chi connectivity index (χ0) is 9.78. The molecule has 4 heteroatoms. The predicted octanol–water partition coefficient (Wildman–Crippen LogP) is 0.808. The van der Waals surface area contributed by atoms with Gasteiger partial charge in [0.25, 0.3) is 0 Å². The van der Waals surface area contributed by atoms with Crippen molar-refractivity contribution in [3.63, 3.8) is 0 Å². The molecule has 3 nitrogen and oxygen atoms in total. The average Bonchev–Trinajstić information content (AvgIpc) is 1.84. The molecule has 0 radical (unpaired) electrons. The SMILES string of the molecule is CCS(=O)(=O)CC(C)NC(C)C. The Morgan fingerprint density at radius 3 is 2.08 bits per heavy atom. The van der Waals surface area contributed by atoms with Crippen LogP contribution in [0.25, 0.3) is 0 Å². The van der Waals surface area contributed by atoms with Crippen LogP contribution in [0.3, 0.4) is 0 Å². The van der Waals surface area contributed by atoms with Crippen LogP contribution in [0.4, 0.5) is 0 Å². The van der Waals surface area contributed by atoms with Crippen LogP contribution in [0.15, 0.2) is 0 Å². The number of hydrogen-bond donors (Lipinski definition) is 1. The first kappa shape index (κ1) is 11.9. The Balaban J connectivity index is 3.93. The second kappa shape index (κ2) is 4.82. The standard InChI is InChI=1S/C8H19NO2S/c1-5-12(10,11)6-8(4)9-7(2)3/h7-9H,5-6H2,1-4H3. The molecular weight excluding hydrogens is 174 g/mol. The monoisotopic (exact) mass is 193 g/mol. The normalized spacial score (nSPS) is 15.1. The number of sulfone groups is 1. The van der Waals surface area contributed by atoms with E-state index in [1.165, 1.54) is 0 Å². The van der Waals surface area contributed by atoms with Crippen molar-refractivity contribution < 1.29 is 8.42 Å². The smallest absolute Gasteiger partial charge is 0.151 e. The molecule has 0 aromatic carbocycles. The van der Waals surface area contributed by atoms with Crippen molar-refractivity contribution in [2.75, 3.05) is 11.5 Å². The maximum absolute atomic E-state index is 11.2. The van der Waals surface area contributed by atoms with Crippen LogP contribution >= 0.6 is 0 Å². The molecule has 0 bridgehead atoms. The van der Waals surface area contributed by atoms with E-state index in [-0.39, 0.29) is 17.5 Å². The van der Waals surface area contributed by atoms with E-state index in [4.69, 9.17) is 0 Å². The van der Waals surface area contributed by atoms with Gasteiger partial charge in [0.15, 0.2) is 9.84 Å². The van der Waals surface area contributed by atoms with Gasteiger partial charge in [-0.1, -0.05) is 20.8 Å². The molecule has 0 saturated carbocycles. The van der Waals surface area contributed by atoms with Crippen molar-refractivity contribution in [1.29, 1.82) is 0 Å². The van der Waals surface area contributed by atoms with Crippen molar-refractivity contribution >= 4 is 9.84 Å². The maximum Gasteiger partial charge on any atom is 0.151 e. The lowest BCUT2D eigenvalue weighted by Crippen LogP contribution is -2.37. The van der Waals surface area contributed by atoms with Crippen LogP contribution < -0.4 is 5.32 Å². The highest BCUT2D eigenvalue weighted by molar-refractivity contribution is 7.91. The Labute approximate surface area is 75.5 Å². The van der Waals surface area contributed by atoms with Crippen molar-refractivity contribution in [2.24, 2.45) is 0 Å². The summed E-state index contributed by atoms with van der Waals surface area (Å²) in [5.74, 6) is 0.471. The topological polar surface area (TPSA) is 46.2 Å². The zero-order valence-electron chi connectivity index (χ0n) is 8.29. The molecule has 0 spiro atoms. The van der Waals surface area contributed by atoms with Gasteiger partial charge in [0.2, 0.25) is 0 Å². The van der Waals surface area contributed by atoms with E-state index in [2.05, 4.69) is 5.32 Å². The van der Waals surface area contributed by atoms with Crippen LogP contribution in [-0.4, -0.2) is 32.0 Å². The summed E-state index contributed by atoms with van der Waals surface area (Å²) in [6, 6.07) is 0.391. The highest BCUT2D eigenvalue weighted by Crippen LogP contribution is 1.95. The first-order valence-electron chi connectivity index (χ1n) is 4.34. The van der Waals surface area contributed by atoms with E-state index >= 15 is 0 Å². The molecule has 0 aliphatic heterocycles. The molecule has 0 saturated heterocycles. The Bertz CT molecular complexity index is 209. The fraction of sp³-hybridized carbons (Fsp3) is 1.00. The number of nitrogens with one attached hydrogen (secondary N) is 1. The molecule has 1 N–H and O–H groups in total. The fourth-order valence-corrected chi connectivity index (χ4v) is 2.21. The molecule has 0 amide bonds. The van der Waals surface area contributed by atoms with Crippen molar-refractivity contribution in [3.05, 3.63) is 0 Å². The van der Waals surface area contributed by atoms with Crippen LogP contribution in [-0.2, 0) is 9.84 Å². The summed E-state index contributed by atoms with van der Waals surface area (Å²) >= 11 is 0. The van der Waals surface area contributed by atoms with Crippen molar-refractivity contribution in [1.82, 2.24) is 5.32 Å². The van der Waals surface area contributed by atoms with E-state index < -0.39 is 9.84 Å². The predicted molar refractivity (Wildman–Crippen MR) is 52.1 cm³/mol. The quantitative estimate of drug-likeness (QED) is 0.703. The minimum Gasteiger partial charge on any atom is -0.311 e.